The average molecular weight is 279 g/mol. The lowest BCUT2D eigenvalue weighted by molar-refractivity contribution is 0.306. The highest BCUT2D eigenvalue weighted by molar-refractivity contribution is 5.37. The summed E-state index contributed by atoms with van der Waals surface area (Å²) in [4.78, 5) is 0. The van der Waals surface area contributed by atoms with Crippen LogP contribution in [0.2, 0.25) is 0 Å². The zero-order valence-corrected chi connectivity index (χ0v) is 12.2. The maximum Gasteiger partial charge on any atom is 0.120 e. The fraction of sp³-hybridized carbons (Fsp3) is 0.263. The summed E-state index contributed by atoms with van der Waals surface area (Å²) >= 11 is 0. The molecule has 2 heteroatoms. The Kier molecular flexibility index (Phi) is 5.87. The van der Waals surface area contributed by atoms with Crippen molar-refractivity contribution in [1.29, 1.82) is 0 Å². The largest absolute Gasteiger partial charge is 0.489 e. The van der Waals surface area contributed by atoms with Gasteiger partial charge in [0.15, 0.2) is 0 Å². The van der Waals surface area contributed by atoms with E-state index in [9.17, 15) is 0 Å². The third-order valence-corrected chi connectivity index (χ3v) is 3.57. The SMILES string of the molecule is C#C.c1ccc(COc2ccc3c(c2)CCNCC3)cc1. The predicted molar refractivity (Wildman–Crippen MR) is 87.4 cm³/mol. The predicted octanol–water partition coefficient (Wildman–Crippen LogP) is 3.20. The van der Waals surface area contributed by atoms with Gasteiger partial charge < -0.3 is 10.1 Å². The summed E-state index contributed by atoms with van der Waals surface area (Å²) in [7, 11) is 0. The first-order valence-electron chi connectivity index (χ1n) is 7.24. The summed E-state index contributed by atoms with van der Waals surface area (Å²) in [5.41, 5.74) is 4.09. The molecule has 2 aromatic carbocycles. The van der Waals surface area contributed by atoms with Crippen molar-refractivity contribution >= 4 is 0 Å². The second-order valence-electron chi connectivity index (χ2n) is 4.95. The fourth-order valence-corrected chi connectivity index (χ4v) is 2.48. The van der Waals surface area contributed by atoms with Gasteiger partial charge in [0.05, 0.1) is 0 Å². The molecule has 2 aromatic rings. The molecule has 1 aliphatic rings. The van der Waals surface area contributed by atoms with Gasteiger partial charge in [-0.2, -0.15) is 0 Å². The molecule has 0 radical (unpaired) electrons. The van der Waals surface area contributed by atoms with Gasteiger partial charge in [-0.05, 0) is 54.8 Å². The molecule has 2 nitrogen and oxygen atoms in total. The Labute approximate surface area is 127 Å². The molecule has 0 bridgehead atoms. The monoisotopic (exact) mass is 279 g/mol. The summed E-state index contributed by atoms with van der Waals surface area (Å²) in [6, 6.07) is 16.8. The lowest BCUT2D eigenvalue weighted by Gasteiger charge is -2.10. The van der Waals surface area contributed by atoms with Gasteiger partial charge in [-0.15, -0.1) is 12.8 Å². The van der Waals surface area contributed by atoms with Crippen LogP contribution in [0.3, 0.4) is 0 Å². The summed E-state index contributed by atoms with van der Waals surface area (Å²) < 4.78 is 5.88. The van der Waals surface area contributed by atoms with Gasteiger partial charge in [-0.1, -0.05) is 36.4 Å². The van der Waals surface area contributed by atoms with Crippen molar-refractivity contribution in [2.24, 2.45) is 0 Å². The first kappa shape index (κ1) is 15.2. The second kappa shape index (κ2) is 8.14. The first-order chi connectivity index (χ1) is 10.4. The molecular weight excluding hydrogens is 258 g/mol. The zero-order chi connectivity index (χ0) is 14.9. The molecule has 0 saturated heterocycles. The Balaban J connectivity index is 0.000000774. The molecular formula is C19H21NO. The highest BCUT2D eigenvalue weighted by atomic mass is 16.5. The van der Waals surface area contributed by atoms with Crippen molar-refractivity contribution in [2.75, 3.05) is 13.1 Å². The van der Waals surface area contributed by atoms with Crippen LogP contribution >= 0.6 is 0 Å². The smallest absolute Gasteiger partial charge is 0.120 e. The summed E-state index contributed by atoms with van der Waals surface area (Å²) in [6.07, 6.45) is 10.2. The summed E-state index contributed by atoms with van der Waals surface area (Å²) in [6.45, 7) is 2.78. The molecule has 1 N–H and O–H groups in total. The van der Waals surface area contributed by atoms with Gasteiger partial charge in [0.25, 0.3) is 0 Å². The van der Waals surface area contributed by atoms with Crippen molar-refractivity contribution in [3.63, 3.8) is 0 Å². The van der Waals surface area contributed by atoms with Crippen LogP contribution in [-0.2, 0) is 19.4 Å². The van der Waals surface area contributed by atoms with Crippen molar-refractivity contribution < 1.29 is 4.74 Å². The van der Waals surface area contributed by atoms with E-state index in [1.165, 1.54) is 16.7 Å². The zero-order valence-electron chi connectivity index (χ0n) is 12.2. The molecule has 0 aromatic heterocycles. The third-order valence-electron chi connectivity index (χ3n) is 3.57. The number of benzene rings is 2. The maximum atomic E-state index is 5.88. The van der Waals surface area contributed by atoms with Crippen molar-refractivity contribution in [1.82, 2.24) is 5.32 Å². The maximum absolute atomic E-state index is 5.88. The highest BCUT2D eigenvalue weighted by Crippen LogP contribution is 2.21. The van der Waals surface area contributed by atoms with Crippen LogP contribution in [0.15, 0.2) is 48.5 Å². The molecule has 1 heterocycles. The highest BCUT2D eigenvalue weighted by Gasteiger charge is 2.08. The summed E-state index contributed by atoms with van der Waals surface area (Å²) in [5.74, 6) is 0.976. The molecule has 0 spiro atoms. The van der Waals surface area contributed by atoms with Gasteiger partial charge in [-0.25, -0.2) is 0 Å². The van der Waals surface area contributed by atoms with Crippen LogP contribution in [0.25, 0.3) is 0 Å². The van der Waals surface area contributed by atoms with E-state index in [4.69, 9.17) is 4.74 Å². The molecule has 21 heavy (non-hydrogen) atoms. The van der Waals surface area contributed by atoms with Crippen LogP contribution in [0.1, 0.15) is 16.7 Å². The average Bonchev–Trinajstić information content (AvgIpc) is 2.80. The molecule has 0 saturated carbocycles. The Morgan fingerprint density at radius 1 is 0.905 bits per heavy atom. The lowest BCUT2D eigenvalue weighted by Crippen LogP contribution is -2.16. The molecule has 1 aliphatic heterocycles. The number of terminal acetylenes is 1. The molecule has 0 fully saturated rings. The van der Waals surface area contributed by atoms with Gasteiger partial charge >= 0.3 is 0 Å². The number of nitrogens with one attached hydrogen (secondary N) is 1. The Hall–Kier alpha value is -2.24. The number of fused-ring (bicyclic) bond motifs is 1. The standard InChI is InChI=1S/C17H19NO.C2H2/c1-2-4-14(5-3-1)13-19-17-7-6-15-8-10-18-11-9-16(15)12-17;1-2/h1-7,12,18H,8-11,13H2;1-2H. The van der Waals surface area contributed by atoms with E-state index < -0.39 is 0 Å². The first-order valence-corrected chi connectivity index (χ1v) is 7.24. The van der Waals surface area contributed by atoms with E-state index >= 15 is 0 Å². The van der Waals surface area contributed by atoms with E-state index in [0.717, 1.165) is 31.7 Å². The van der Waals surface area contributed by atoms with Gasteiger partial charge in [-0.3, -0.25) is 0 Å². The van der Waals surface area contributed by atoms with Crippen LogP contribution in [0, 0.1) is 12.8 Å². The van der Waals surface area contributed by atoms with Crippen molar-refractivity contribution in [3.8, 4) is 18.6 Å². The normalized spacial score (nSPS) is 13.2. The molecule has 0 amide bonds. The van der Waals surface area contributed by atoms with Crippen LogP contribution < -0.4 is 10.1 Å². The topological polar surface area (TPSA) is 21.3 Å². The van der Waals surface area contributed by atoms with Crippen LogP contribution in [0.4, 0.5) is 0 Å². The molecule has 0 aliphatic carbocycles. The fourth-order valence-electron chi connectivity index (χ4n) is 2.48. The molecule has 108 valence electrons. The summed E-state index contributed by atoms with van der Waals surface area (Å²) in [5, 5.41) is 3.43. The Morgan fingerprint density at radius 2 is 1.62 bits per heavy atom. The van der Waals surface area contributed by atoms with Crippen molar-refractivity contribution in [3.05, 3.63) is 65.2 Å². The van der Waals surface area contributed by atoms with Crippen molar-refractivity contribution in [2.45, 2.75) is 19.4 Å². The van der Waals surface area contributed by atoms with Crippen LogP contribution in [-0.4, -0.2) is 13.1 Å². The number of rotatable bonds is 3. The number of hydrogen-bond donors (Lipinski definition) is 1. The minimum Gasteiger partial charge on any atom is -0.489 e. The Morgan fingerprint density at radius 3 is 2.38 bits per heavy atom. The van der Waals surface area contributed by atoms with E-state index in [2.05, 4.69) is 48.5 Å². The van der Waals surface area contributed by atoms with Crippen LogP contribution in [0.5, 0.6) is 5.75 Å². The number of hydrogen-bond acceptors (Lipinski definition) is 2. The molecule has 0 unspecified atom stereocenters. The van der Waals surface area contributed by atoms with E-state index in [1.54, 1.807) is 0 Å². The minimum absolute atomic E-state index is 0.637. The molecule has 3 rings (SSSR count). The van der Waals surface area contributed by atoms with Gasteiger partial charge in [0.2, 0.25) is 0 Å². The van der Waals surface area contributed by atoms with E-state index in [1.807, 2.05) is 18.2 Å². The quantitative estimate of drug-likeness (QED) is 0.871. The molecule has 0 atom stereocenters. The van der Waals surface area contributed by atoms with Gasteiger partial charge in [0, 0.05) is 0 Å². The lowest BCUT2D eigenvalue weighted by atomic mass is 10.0. The van der Waals surface area contributed by atoms with E-state index in [-0.39, 0.29) is 0 Å². The van der Waals surface area contributed by atoms with E-state index in [0.29, 0.717) is 6.61 Å². The Bertz CT molecular complexity index is 575. The van der Waals surface area contributed by atoms with Gasteiger partial charge in [0.1, 0.15) is 12.4 Å². The number of ether oxygens (including phenoxy) is 1. The second-order valence-corrected chi connectivity index (χ2v) is 4.95. The minimum atomic E-state index is 0.637. The third kappa shape index (κ3) is 4.37.